The third kappa shape index (κ3) is 4.56. The molecule has 1 fully saturated rings. The van der Waals surface area contributed by atoms with E-state index >= 15 is 0 Å². The van der Waals surface area contributed by atoms with Crippen molar-refractivity contribution in [2.45, 2.75) is 31.8 Å². The fourth-order valence-corrected chi connectivity index (χ4v) is 2.56. The fraction of sp³-hybridized carbons (Fsp3) is 0.316. The summed E-state index contributed by atoms with van der Waals surface area (Å²) >= 11 is 0. The summed E-state index contributed by atoms with van der Waals surface area (Å²) in [5, 5.41) is 11.8. The zero-order valence-corrected chi connectivity index (χ0v) is 13.8. The maximum atomic E-state index is 12.2. The van der Waals surface area contributed by atoms with Crippen LogP contribution in [0.3, 0.4) is 0 Å². The van der Waals surface area contributed by atoms with Crippen LogP contribution in [0.2, 0.25) is 0 Å². The number of carboxylic acids is 1. The summed E-state index contributed by atoms with van der Waals surface area (Å²) in [5.41, 5.74) is 1.61. The molecule has 0 atom stereocenters. The standard InChI is InChI=1S/C19H20N2O4/c22-18(14-8-10-20-17(12-14)25-16-5-2-6-16)21-9-7-13-3-1-4-15(11-13)19(23)24/h1,3-4,8,10-12,16H,2,5-7,9H2,(H,21,22)(H,23,24). The molecule has 0 bridgehead atoms. The van der Waals surface area contributed by atoms with Gasteiger partial charge in [0.1, 0.15) is 6.10 Å². The van der Waals surface area contributed by atoms with Gasteiger partial charge in [-0.05, 0) is 49.4 Å². The molecule has 0 unspecified atom stereocenters. The lowest BCUT2D eigenvalue weighted by Gasteiger charge is -2.25. The van der Waals surface area contributed by atoms with Gasteiger partial charge in [0, 0.05) is 24.4 Å². The highest BCUT2D eigenvalue weighted by Gasteiger charge is 2.20. The number of amides is 1. The zero-order chi connectivity index (χ0) is 17.6. The first-order valence-electron chi connectivity index (χ1n) is 8.35. The van der Waals surface area contributed by atoms with Crippen LogP contribution in [0.15, 0.2) is 42.6 Å². The van der Waals surface area contributed by atoms with Crippen LogP contribution < -0.4 is 10.1 Å². The lowest BCUT2D eigenvalue weighted by atomic mass is 9.96. The zero-order valence-electron chi connectivity index (χ0n) is 13.8. The van der Waals surface area contributed by atoms with E-state index in [9.17, 15) is 9.59 Å². The van der Waals surface area contributed by atoms with Crippen molar-refractivity contribution >= 4 is 11.9 Å². The Balaban J connectivity index is 1.53. The van der Waals surface area contributed by atoms with Gasteiger partial charge < -0.3 is 15.2 Å². The van der Waals surface area contributed by atoms with Gasteiger partial charge in [-0.3, -0.25) is 4.79 Å². The van der Waals surface area contributed by atoms with Gasteiger partial charge in [-0.25, -0.2) is 9.78 Å². The third-order valence-corrected chi connectivity index (χ3v) is 4.21. The molecule has 2 N–H and O–H groups in total. The maximum Gasteiger partial charge on any atom is 0.335 e. The Kier molecular flexibility index (Phi) is 5.28. The number of rotatable bonds is 7. The van der Waals surface area contributed by atoms with Crippen molar-refractivity contribution in [1.29, 1.82) is 0 Å². The lowest BCUT2D eigenvalue weighted by Crippen LogP contribution is -2.27. The SMILES string of the molecule is O=C(O)c1cccc(CCNC(=O)c2ccnc(OC3CCC3)c2)c1. The molecule has 0 saturated heterocycles. The van der Waals surface area contributed by atoms with E-state index in [1.807, 2.05) is 6.07 Å². The second-order valence-electron chi connectivity index (χ2n) is 6.06. The molecule has 25 heavy (non-hydrogen) atoms. The summed E-state index contributed by atoms with van der Waals surface area (Å²) in [6.07, 6.45) is 5.59. The van der Waals surface area contributed by atoms with Gasteiger partial charge in [0.25, 0.3) is 5.91 Å². The van der Waals surface area contributed by atoms with Crippen LogP contribution in [-0.2, 0) is 6.42 Å². The van der Waals surface area contributed by atoms with Crippen LogP contribution in [0.1, 0.15) is 45.5 Å². The number of aromatic nitrogens is 1. The van der Waals surface area contributed by atoms with E-state index in [2.05, 4.69) is 10.3 Å². The van der Waals surface area contributed by atoms with Gasteiger partial charge in [0.15, 0.2) is 0 Å². The first-order valence-corrected chi connectivity index (χ1v) is 8.35. The molecule has 6 nitrogen and oxygen atoms in total. The van der Waals surface area contributed by atoms with Gasteiger partial charge in [-0.15, -0.1) is 0 Å². The van der Waals surface area contributed by atoms with Crippen LogP contribution in [0.25, 0.3) is 0 Å². The highest BCUT2D eigenvalue weighted by molar-refractivity contribution is 5.94. The van der Waals surface area contributed by atoms with Gasteiger partial charge in [-0.2, -0.15) is 0 Å². The molecule has 0 aliphatic heterocycles. The number of pyridine rings is 1. The number of carboxylic acid groups (broad SMARTS) is 1. The van der Waals surface area contributed by atoms with Crippen molar-refractivity contribution in [2.75, 3.05) is 6.54 Å². The molecule has 1 saturated carbocycles. The number of nitrogens with zero attached hydrogens (tertiary/aromatic N) is 1. The average molecular weight is 340 g/mol. The number of ether oxygens (including phenoxy) is 1. The number of aromatic carboxylic acids is 1. The molecule has 0 radical (unpaired) electrons. The Morgan fingerprint density at radius 1 is 1.20 bits per heavy atom. The van der Waals surface area contributed by atoms with E-state index < -0.39 is 5.97 Å². The Morgan fingerprint density at radius 2 is 2.04 bits per heavy atom. The van der Waals surface area contributed by atoms with Crippen LogP contribution in [0, 0.1) is 0 Å². The highest BCUT2D eigenvalue weighted by atomic mass is 16.5. The lowest BCUT2D eigenvalue weighted by molar-refractivity contribution is 0.0696. The van der Waals surface area contributed by atoms with Crippen LogP contribution in [0.4, 0.5) is 0 Å². The molecule has 1 amide bonds. The average Bonchev–Trinajstić information content (AvgIpc) is 2.58. The molecule has 0 spiro atoms. The first-order chi connectivity index (χ1) is 12.1. The Morgan fingerprint density at radius 3 is 2.76 bits per heavy atom. The minimum Gasteiger partial charge on any atom is -0.478 e. The van der Waals surface area contributed by atoms with Crippen molar-refractivity contribution in [1.82, 2.24) is 10.3 Å². The largest absolute Gasteiger partial charge is 0.478 e. The van der Waals surface area contributed by atoms with E-state index in [0.29, 0.717) is 24.4 Å². The highest BCUT2D eigenvalue weighted by Crippen LogP contribution is 2.24. The second-order valence-corrected chi connectivity index (χ2v) is 6.06. The number of benzene rings is 1. The minimum atomic E-state index is -0.957. The van der Waals surface area contributed by atoms with Crippen molar-refractivity contribution in [3.05, 3.63) is 59.3 Å². The molecule has 130 valence electrons. The maximum absolute atomic E-state index is 12.2. The molecular weight excluding hydrogens is 320 g/mol. The van der Waals surface area contributed by atoms with Crippen molar-refractivity contribution < 1.29 is 19.4 Å². The molecule has 1 heterocycles. The Hall–Kier alpha value is -2.89. The van der Waals surface area contributed by atoms with Gasteiger partial charge in [0.05, 0.1) is 5.56 Å². The molecule has 1 aromatic heterocycles. The van der Waals surface area contributed by atoms with E-state index in [1.54, 1.807) is 36.5 Å². The smallest absolute Gasteiger partial charge is 0.335 e. The van der Waals surface area contributed by atoms with E-state index in [1.165, 1.54) is 6.42 Å². The van der Waals surface area contributed by atoms with Crippen molar-refractivity contribution in [2.24, 2.45) is 0 Å². The van der Waals surface area contributed by atoms with Gasteiger partial charge in [0.2, 0.25) is 5.88 Å². The fourth-order valence-electron chi connectivity index (χ4n) is 2.56. The number of hydrogen-bond donors (Lipinski definition) is 2. The molecule has 3 rings (SSSR count). The van der Waals surface area contributed by atoms with Crippen LogP contribution in [0.5, 0.6) is 5.88 Å². The molecule has 1 aromatic carbocycles. The number of nitrogens with one attached hydrogen (secondary N) is 1. The number of hydrogen-bond acceptors (Lipinski definition) is 4. The van der Waals surface area contributed by atoms with Gasteiger partial charge in [-0.1, -0.05) is 12.1 Å². The van der Waals surface area contributed by atoms with E-state index in [0.717, 1.165) is 18.4 Å². The number of carbonyl (C=O) groups is 2. The topological polar surface area (TPSA) is 88.5 Å². The molecule has 6 heteroatoms. The van der Waals surface area contributed by atoms with Crippen molar-refractivity contribution in [3.8, 4) is 5.88 Å². The predicted octanol–water partition coefficient (Wildman–Crippen LogP) is 2.68. The monoisotopic (exact) mass is 340 g/mol. The summed E-state index contributed by atoms with van der Waals surface area (Å²) in [7, 11) is 0. The van der Waals surface area contributed by atoms with Crippen molar-refractivity contribution in [3.63, 3.8) is 0 Å². The Bertz CT molecular complexity index is 772. The van der Waals surface area contributed by atoms with Crippen LogP contribution >= 0.6 is 0 Å². The number of carbonyl (C=O) groups excluding carboxylic acids is 1. The molecular formula is C19H20N2O4. The predicted molar refractivity (Wildman–Crippen MR) is 91.9 cm³/mol. The summed E-state index contributed by atoms with van der Waals surface area (Å²) < 4.78 is 5.70. The molecule has 1 aliphatic rings. The quantitative estimate of drug-likeness (QED) is 0.809. The van der Waals surface area contributed by atoms with Crippen LogP contribution in [-0.4, -0.2) is 34.6 Å². The first kappa shape index (κ1) is 17.0. The molecule has 1 aliphatic carbocycles. The van der Waals surface area contributed by atoms with Gasteiger partial charge >= 0.3 is 5.97 Å². The molecule has 2 aromatic rings. The second kappa shape index (κ2) is 7.79. The summed E-state index contributed by atoms with van der Waals surface area (Å²) in [4.78, 5) is 27.3. The Labute approximate surface area is 145 Å². The minimum absolute atomic E-state index is 0.199. The normalized spacial score (nSPS) is 13.8. The summed E-state index contributed by atoms with van der Waals surface area (Å²) in [5.74, 6) is -0.677. The summed E-state index contributed by atoms with van der Waals surface area (Å²) in [6.45, 7) is 0.420. The van der Waals surface area contributed by atoms with E-state index in [4.69, 9.17) is 9.84 Å². The third-order valence-electron chi connectivity index (χ3n) is 4.21. The summed E-state index contributed by atoms with van der Waals surface area (Å²) in [6, 6.07) is 10.0. The van der Waals surface area contributed by atoms with E-state index in [-0.39, 0.29) is 17.6 Å².